The van der Waals surface area contributed by atoms with Gasteiger partial charge in [-0.25, -0.2) is 4.79 Å². The van der Waals surface area contributed by atoms with Crippen LogP contribution in [0.5, 0.6) is 5.75 Å². The van der Waals surface area contributed by atoms with Crippen LogP contribution in [0.3, 0.4) is 0 Å². The Morgan fingerprint density at radius 1 is 1.31 bits per heavy atom. The van der Waals surface area contributed by atoms with Crippen LogP contribution in [0.15, 0.2) is 24.3 Å². The van der Waals surface area contributed by atoms with Gasteiger partial charge in [-0.2, -0.15) is 0 Å². The van der Waals surface area contributed by atoms with Crippen LogP contribution in [-0.2, 0) is 5.41 Å². The van der Waals surface area contributed by atoms with E-state index in [-0.39, 0.29) is 11.5 Å². The summed E-state index contributed by atoms with van der Waals surface area (Å²) in [6, 6.07) is 8.10. The second kappa shape index (κ2) is 9.40. The summed E-state index contributed by atoms with van der Waals surface area (Å²) >= 11 is 0. The van der Waals surface area contributed by atoms with Crippen molar-refractivity contribution < 1.29 is 9.53 Å². The van der Waals surface area contributed by atoms with E-state index in [0.717, 1.165) is 19.5 Å². The third-order valence-electron chi connectivity index (χ3n) is 5.96. The minimum Gasteiger partial charge on any atom is -0.410 e. The van der Waals surface area contributed by atoms with Gasteiger partial charge in [-0.3, -0.25) is 0 Å². The van der Waals surface area contributed by atoms with Crippen LogP contribution in [0.25, 0.3) is 0 Å². The van der Waals surface area contributed by atoms with E-state index in [4.69, 9.17) is 4.74 Å². The van der Waals surface area contributed by atoms with Gasteiger partial charge in [0, 0.05) is 20.6 Å². The van der Waals surface area contributed by atoms with Crippen LogP contribution in [0.4, 0.5) is 4.79 Å². The fourth-order valence-electron chi connectivity index (χ4n) is 3.82. The van der Waals surface area contributed by atoms with Crippen molar-refractivity contribution in [2.24, 2.45) is 5.92 Å². The Hall–Kier alpha value is -1.55. The van der Waals surface area contributed by atoms with E-state index in [0.29, 0.717) is 11.7 Å². The first kappa shape index (κ1) is 20.8. The number of amides is 1. The number of hydrogen-bond donors (Lipinski definition) is 0. The normalized spacial score (nSPS) is 23.7. The van der Waals surface area contributed by atoms with Crippen LogP contribution in [0.2, 0.25) is 0 Å². The summed E-state index contributed by atoms with van der Waals surface area (Å²) in [6.45, 7) is 10.5. The molecule has 0 aliphatic carbocycles. The number of piperidine rings is 1. The zero-order valence-electron chi connectivity index (χ0n) is 17.3. The first-order valence-electron chi connectivity index (χ1n) is 10.1. The van der Waals surface area contributed by atoms with Crippen molar-refractivity contribution in [3.05, 3.63) is 29.8 Å². The molecule has 146 valence electrons. The second-order valence-electron chi connectivity index (χ2n) is 8.22. The van der Waals surface area contributed by atoms with Gasteiger partial charge >= 0.3 is 6.09 Å². The quantitative estimate of drug-likeness (QED) is 0.647. The Morgan fingerprint density at radius 2 is 2.08 bits per heavy atom. The molecule has 0 bridgehead atoms. The van der Waals surface area contributed by atoms with E-state index in [1.54, 1.807) is 14.1 Å². The molecule has 1 aromatic rings. The Bertz CT molecular complexity index is 587. The highest BCUT2D eigenvalue weighted by Crippen LogP contribution is 2.40. The molecule has 1 aliphatic rings. The minimum atomic E-state index is -0.331. The van der Waals surface area contributed by atoms with Gasteiger partial charge < -0.3 is 14.5 Å². The lowest BCUT2D eigenvalue weighted by Gasteiger charge is -2.45. The van der Waals surface area contributed by atoms with Crippen LogP contribution >= 0.6 is 0 Å². The average Bonchev–Trinajstić information content (AvgIpc) is 2.62. The van der Waals surface area contributed by atoms with Crippen molar-refractivity contribution in [2.45, 2.75) is 58.3 Å². The number of nitrogens with zero attached hydrogens (tertiary/aromatic N) is 2. The molecule has 0 saturated carbocycles. The van der Waals surface area contributed by atoms with Crippen molar-refractivity contribution in [3.63, 3.8) is 0 Å². The Kier molecular flexibility index (Phi) is 7.51. The van der Waals surface area contributed by atoms with Crippen molar-refractivity contribution >= 4 is 6.09 Å². The van der Waals surface area contributed by atoms with E-state index in [2.05, 4.69) is 37.8 Å². The van der Waals surface area contributed by atoms with Crippen molar-refractivity contribution in [1.82, 2.24) is 9.80 Å². The van der Waals surface area contributed by atoms with Crippen molar-refractivity contribution in [3.8, 4) is 5.75 Å². The number of unbranched alkanes of at least 4 members (excludes halogenated alkanes) is 3. The van der Waals surface area contributed by atoms with Gasteiger partial charge in [-0.15, -0.1) is 0 Å². The Labute approximate surface area is 159 Å². The largest absolute Gasteiger partial charge is 0.414 e. The fraction of sp³-hybridized carbons (Fsp3) is 0.682. The molecule has 2 rings (SSSR count). The minimum absolute atomic E-state index is 0.125. The summed E-state index contributed by atoms with van der Waals surface area (Å²) in [5.41, 5.74) is 1.40. The summed E-state index contributed by atoms with van der Waals surface area (Å²) < 4.78 is 5.46. The number of rotatable bonds is 7. The van der Waals surface area contributed by atoms with Gasteiger partial charge in [0.2, 0.25) is 0 Å². The van der Waals surface area contributed by atoms with E-state index in [1.807, 2.05) is 12.1 Å². The molecule has 2 unspecified atom stereocenters. The van der Waals surface area contributed by atoms with E-state index >= 15 is 0 Å². The van der Waals surface area contributed by atoms with Gasteiger partial charge in [-0.05, 0) is 55.0 Å². The van der Waals surface area contributed by atoms with Crippen LogP contribution < -0.4 is 4.74 Å². The highest BCUT2D eigenvalue weighted by molar-refractivity contribution is 5.70. The SMILES string of the molecule is CCCCCCN1CCC(C)(c2cccc(OC(=O)N(C)C)c2)C(C)C1. The molecule has 1 aliphatic heterocycles. The number of carbonyl (C=O) groups is 1. The molecule has 4 heteroatoms. The highest BCUT2D eigenvalue weighted by Gasteiger charge is 2.38. The summed E-state index contributed by atoms with van der Waals surface area (Å²) in [4.78, 5) is 15.9. The number of likely N-dealkylation sites (tertiary alicyclic amines) is 1. The lowest BCUT2D eigenvalue weighted by Crippen LogP contribution is -2.47. The predicted octanol–water partition coefficient (Wildman–Crippen LogP) is 4.93. The molecule has 1 amide bonds. The third kappa shape index (κ3) is 5.23. The van der Waals surface area contributed by atoms with E-state index < -0.39 is 0 Å². The number of carbonyl (C=O) groups excluding carboxylic acids is 1. The molecule has 0 radical (unpaired) electrons. The second-order valence-corrected chi connectivity index (χ2v) is 8.22. The first-order chi connectivity index (χ1) is 12.4. The molecule has 1 fully saturated rings. The maximum absolute atomic E-state index is 11.8. The van der Waals surface area contributed by atoms with Gasteiger partial charge in [0.15, 0.2) is 0 Å². The maximum atomic E-state index is 11.8. The predicted molar refractivity (Wildman–Crippen MR) is 108 cm³/mol. The standard InChI is InChI=1S/C22H36N2O2/c1-6-7-8-9-14-24-15-13-22(3,18(2)17-24)19-11-10-12-20(16-19)26-21(25)23(4)5/h10-12,16,18H,6-9,13-15,17H2,1-5H3. The Morgan fingerprint density at radius 3 is 2.73 bits per heavy atom. The summed E-state index contributed by atoms with van der Waals surface area (Å²) in [7, 11) is 3.40. The maximum Gasteiger partial charge on any atom is 0.414 e. The summed E-state index contributed by atoms with van der Waals surface area (Å²) in [5, 5.41) is 0. The topological polar surface area (TPSA) is 32.8 Å². The number of ether oxygens (including phenoxy) is 1. The molecule has 1 aromatic carbocycles. The highest BCUT2D eigenvalue weighted by atomic mass is 16.6. The van der Waals surface area contributed by atoms with E-state index in [9.17, 15) is 4.79 Å². The molecule has 0 spiro atoms. The molecule has 2 atom stereocenters. The zero-order valence-corrected chi connectivity index (χ0v) is 17.3. The molecular weight excluding hydrogens is 324 g/mol. The lowest BCUT2D eigenvalue weighted by atomic mass is 9.68. The molecule has 4 nitrogen and oxygen atoms in total. The van der Waals surface area contributed by atoms with Gasteiger partial charge in [0.1, 0.15) is 5.75 Å². The monoisotopic (exact) mass is 360 g/mol. The van der Waals surface area contributed by atoms with E-state index in [1.165, 1.54) is 42.7 Å². The van der Waals surface area contributed by atoms with Crippen LogP contribution in [-0.4, -0.2) is 49.6 Å². The number of benzene rings is 1. The molecule has 1 heterocycles. The van der Waals surface area contributed by atoms with Gasteiger partial charge in [0.25, 0.3) is 0 Å². The summed E-state index contributed by atoms with van der Waals surface area (Å²) in [5.74, 6) is 1.21. The molecule has 1 saturated heterocycles. The van der Waals surface area contributed by atoms with Crippen molar-refractivity contribution in [1.29, 1.82) is 0 Å². The average molecular weight is 361 g/mol. The molecule has 0 N–H and O–H groups in total. The molecular formula is C22H36N2O2. The van der Waals surface area contributed by atoms with Crippen LogP contribution in [0, 0.1) is 5.92 Å². The Balaban J connectivity index is 2.01. The van der Waals surface area contributed by atoms with Crippen LogP contribution in [0.1, 0.15) is 58.4 Å². The smallest absolute Gasteiger partial charge is 0.410 e. The summed E-state index contributed by atoms with van der Waals surface area (Å²) in [6.07, 6.45) is 6.11. The fourth-order valence-corrected chi connectivity index (χ4v) is 3.82. The van der Waals surface area contributed by atoms with Crippen molar-refractivity contribution in [2.75, 3.05) is 33.7 Å². The molecule has 0 aromatic heterocycles. The zero-order chi connectivity index (χ0) is 19.2. The number of hydrogen-bond acceptors (Lipinski definition) is 3. The first-order valence-corrected chi connectivity index (χ1v) is 10.1. The van der Waals surface area contributed by atoms with Gasteiger partial charge in [0.05, 0.1) is 0 Å². The third-order valence-corrected chi connectivity index (χ3v) is 5.96. The lowest BCUT2D eigenvalue weighted by molar-refractivity contribution is 0.109. The molecule has 26 heavy (non-hydrogen) atoms. The van der Waals surface area contributed by atoms with Gasteiger partial charge in [-0.1, -0.05) is 52.2 Å².